The summed E-state index contributed by atoms with van der Waals surface area (Å²) in [5.74, 6) is -0.00427. The van der Waals surface area contributed by atoms with E-state index in [4.69, 9.17) is 5.73 Å². The van der Waals surface area contributed by atoms with Crippen LogP contribution >= 0.6 is 0 Å². The molecule has 4 N–H and O–H groups in total. The molecule has 3 amide bonds. The molecule has 0 atom stereocenters. The Bertz CT molecular complexity index is 443. The highest BCUT2D eigenvalue weighted by atomic mass is 16.2. The molecule has 0 bridgehead atoms. The van der Waals surface area contributed by atoms with Crippen molar-refractivity contribution in [2.75, 3.05) is 11.9 Å². The number of carbonyl (C=O) groups excluding carboxylic acids is 2. The third kappa shape index (κ3) is 7.97. The van der Waals surface area contributed by atoms with Gasteiger partial charge in [-0.3, -0.25) is 4.79 Å². The second-order valence-electron chi connectivity index (χ2n) is 5.10. The minimum Gasteiger partial charge on any atom is -0.352 e. The van der Waals surface area contributed by atoms with Crippen molar-refractivity contribution < 1.29 is 9.59 Å². The number of urea groups is 1. The quantitative estimate of drug-likeness (QED) is 0.611. The van der Waals surface area contributed by atoms with Gasteiger partial charge in [-0.05, 0) is 43.4 Å². The van der Waals surface area contributed by atoms with Gasteiger partial charge in [0.15, 0.2) is 0 Å². The number of nitrogens with two attached hydrogens (primary N) is 1. The molecule has 0 saturated heterocycles. The highest BCUT2D eigenvalue weighted by molar-refractivity contribution is 5.90. The molecule has 21 heavy (non-hydrogen) atoms. The predicted molar refractivity (Wildman–Crippen MR) is 85.1 cm³/mol. The average molecular weight is 291 g/mol. The first-order valence-electron chi connectivity index (χ1n) is 7.54. The van der Waals surface area contributed by atoms with E-state index in [1.165, 1.54) is 18.4 Å². The van der Waals surface area contributed by atoms with E-state index in [1.807, 2.05) is 12.1 Å². The first-order chi connectivity index (χ1) is 10.1. The van der Waals surface area contributed by atoms with E-state index in [1.54, 1.807) is 0 Å². The fraction of sp³-hybridized carbons (Fsp3) is 0.500. The fourth-order valence-corrected chi connectivity index (χ4v) is 1.98. The molecule has 0 aliphatic rings. The van der Waals surface area contributed by atoms with E-state index in [2.05, 4.69) is 29.7 Å². The Morgan fingerprint density at radius 2 is 1.81 bits per heavy atom. The van der Waals surface area contributed by atoms with Crippen LogP contribution in [0.4, 0.5) is 10.5 Å². The molecule has 0 radical (unpaired) electrons. The van der Waals surface area contributed by atoms with Crippen LogP contribution in [0.3, 0.4) is 0 Å². The van der Waals surface area contributed by atoms with Gasteiger partial charge in [0.25, 0.3) is 0 Å². The minimum absolute atomic E-state index is 0.00427. The summed E-state index contributed by atoms with van der Waals surface area (Å²) in [4.78, 5) is 22.2. The minimum atomic E-state index is -0.525. The Morgan fingerprint density at radius 1 is 1.10 bits per heavy atom. The zero-order valence-corrected chi connectivity index (χ0v) is 12.7. The van der Waals surface area contributed by atoms with Gasteiger partial charge in [-0.2, -0.15) is 0 Å². The zero-order valence-electron chi connectivity index (χ0n) is 12.7. The van der Waals surface area contributed by atoms with Gasteiger partial charge in [-0.15, -0.1) is 0 Å². The van der Waals surface area contributed by atoms with Crippen LogP contribution in [0.15, 0.2) is 24.3 Å². The van der Waals surface area contributed by atoms with Crippen molar-refractivity contribution in [3.63, 3.8) is 0 Å². The van der Waals surface area contributed by atoms with Crippen molar-refractivity contribution in [2.45, 2.75) is 45.4 Å². The molecular formula is C16H25N3O2. The van der Waals surface area contributed by atoms with E-state index in [0.717, 1.165) is 24.9 Å². The third-order valence-corrected chi connectivity index (χ3v) is 3.19. The van der Waals surface area contributed by atoms with Crippen molar-refractivity contribution >= 4 is 17.6 Å². The molecule has 5 nitrogen and oxygen atoms in total. The van der Waals surface area contributed by atoms with E-state index in [0.29, 0.717) is 13.0 Å². The zero-order chi connectivity index (χ0) is 15.5. The highest BCUT2D eigenvalue weighted by Gasteiger charge is 2.02. The summed E-state index contributed by atoms with van der Waals surface area (Å²) in [5, 5.41) is 5.37. The van der Waals surface area contributed by atoms with Gasteiger partial charge in [0, 0.05) is 18.7 Å². The van der Waals surface area contributed by atoms with Crippen molar-refractivity contribution in [3.8, 4) is 0 Å². The van der Waals surface area contributed by atoms with Crippen LogP contribution in [0, 0.1) is 0 Å². The van der Waals surface area contributed by atoms with Crippen molar-refractivity contribution in [1.29, 1.82) is 0 Å². The van der Waals surface area contributed by atoms with Crippen LogP contribution in [-0.2, 0) is 11.2 Å². The number of rotatable bonds is 9. The molecule has 0 aliphatic heterocycles. The van der Waals surface area contributed by atoms with E-state index in [9.17, 15) is 9.59 Å². The topological polar surface area (TPSA) is 84.2 Å². The lowest BCUT2D eigenvalue weighted by Crippen LogP contribution is -2.30. The molecule has 1 rings (SSSR count). The maximum absolute atomic E-state index is 11.7. The number of primary amides is 1. The van der Waals surface area contributed by atoms with E-state index < -0.39 is 6.03 Å². The van der Waals surface area contributed by atoms with E-state index in [-0.39, 0.29) is 5.91 Å². The molecule has 1 aromatic carbocycles. The molecule has 0 saturated carbocycles. The summed E-state index contributed by atoms with van der Waals surface area (Å²) in [6.45, 7) is 2.68. The van der Waals surface area contributed by atoms with Crippen LogP contribution < -0.4 is 16.4 Å². The Kier molecular flexibility index (Phi) is 7.94. The summed E-state index contributed by atoms with van der Waals surface area (Å²) >= 11 is 0. The van der Waals surface area contributed by atoms with Crippen LogP contribution in [0.5, 0.6) is 0 Å². The maximum Gasteiger partial charge on any atom is 0.312 e. The van der Waals surface area contributed by atoms with Gasteiger partial charge in [0.1, 0.15) is 0 Å². The number of nitrogens with one attached hydrogen (secondary N) is 2. The normalized spacial score (nSPS) is 10.1. The first kappa shape index (κ1) is 17.0. The van der Waals surface area contributed by atoms with Crippen molar-refractivity contribution in [3.05, 3.63) is 29.8 Å². The summed E-state index contributed by atoms with van der Waals surface area (Å²) in [6, 6.07) is 7.47. The number of anilines is 1. The average Bonchev–Trinajstić information content (AvgIpc) is 2.46. The second kappa shape index (κ2) is 9.80. The molecule has 0 spiro atoms. The van der Waals surface area contributed by atoms with Gasteiger partial charge in [0.05, 0.1) is 0 Å². The number of carbonyl (C=O) groups is 2. The highest BCUT2D eigenvalue weighted by Crippen LogP contribution is 2.12. The molecule has 116 valence electrons. The first-order valence-corrected chi connectivity index (χ1v) is 7.54. The largest absolute Gasteiger partial charge is 0.352 e. The van der Waals surface area contributed by atoms with Crippen LogP contribution in [-0.4, -0.2) is 18.5 Å². The predicted octanol–water partition coefficient (Wildman–Crippen LogP) is 2.81. The van der Waals surface area contributed by atoms with Crippen LogP contribution in [0.1, 0.15) is 44.6 Å². The molecule has 0 aliphatic carbocycles. The lowest BCUT2D eigenvalue weighted by molar-refractivity contribution is -0.116. The van der Waals surface area contributed by atoms with Crippen LogP contribution in [0.2, 0.25) is 0 Å². The molecular weight excluding hydrogens is 266 g/mol. The smallest absolute Gasteiger partial charge is 0.312 e. The SMILES string of the molecule is CCCCc1ccc(NC(=O)CCCCNC(N)=O)cc1. The lowest BCUT2D eigenvalue weighted by atomic mass is 10.1. The Morgan fingerprint density at radius 3 is 2.43 bits per heavy atom. The summed E-state index contributed by atoms with van der Waals surface area (Å²) < 4.78 is 0. The van der Waals surface area contributed by atoms with Crippen molar-refractivity contribution in [1.82, 2.24) is 5.32 Å². The number of benzene rings is 1. The number of amides is 3. The lowest BCUT2D eigenvalue weighted by Gasteiger charge is -2.07. The Hall–Kier alpha value is -2.04. The van der Waals surface area contributed by atoms with Crippen molar-refractivity contribution in [2.24, 2.45) is 5.73 Å². The maximum atomic E-state index is 11.7. The van der Waals surface area contributed by atoms with Gasteiger partial charge < -0.3 is 16.4 Å². The number of hydrogen-bond acceptors (Lipinski definition) is 2. The molecule has 0 unspecified atom stereocenters. The number of unbranched alkanes of at least 4 members (excludes halogenated alkanes) is 2. The third-order valence-electron chi connectivity index (χ3n) is 3.19. The molecule has 1 aromatic rings. The summed E-state index contributed by atoms with van der Waals surface area (Å²) in [5.41, 5.74) is 7.08. The van der Waals surface area contributed by atoms with E-state index >= 15 is 0 Å². The number of aryl methyl sites for hydroxylation is 1. The molecule has 0 fully saturated rings. The molecule has 0 heterocycles. The summed E-state index contributed by atoms with van der Waals surface area (Å²) in [7, 11) is 0. The van der Waals surface area contributed by atoms with Gasteiger partial charge in [-0.25, -0.2) is 4.79 Å². The second-order valence-corrected chi connectivity index (χ2v) is 5.10. The Balaban J connectivity index is 2.23. The standard InChI is InChI=1S/C16H25N3O2/c1-2-3-6-13-8-10-14(11-9-13)19-15(20)7-4-5-12-18-16(17)21/h8-11H,2-7,12H2,1H3,(H,19,20)(H3,17,18,21). The molecule has 0 aromatic heterocycles. The van der Waals surface area contributed by atoms with Gasteiger partial charge in [0.2, 0.25) is 5.91 Å². The summed E-state index contributed by atoms with van der Waals surface area (Å²) in [6.07, 6.45) is 5.36. The van der Waals surface area contributed by atoms with Crippen LogP contribution in [0.25, 0.3) is 0 Å². The van der Waals surface area contributed by atoms with Gasteiger partial charge >= 0.3 is 6.03 Å². The van der Waals surface area contributed by atoms with Gasteiger partial charge in [-0.1, -0.05) is 25.5 Å². The molecule has 5 heteroatoms. The monoisotopic (exact) mass is 291 g/mol. The number of hydrogen-bond donors (Lipinski definition) is 3. The Labute approximate surface area is 126 Å². The fourth-order valence-electron chi connectivity index (χ4n) is 1.98.